The van der Waals surface area contributed by atoms with Crippen LogP contribution in [0, 0.1) is 0 Å². The van der Waals surface area contributed by atoms with Crippen LogP contribution in [0.3, 0.4) is 0 Å². The highest BCUT2D eigenvalue weighted by Gasteiger charge is 2.23. The van der Waals surface area contributed by atoms with Gasteiger partial charge in [-0.1, -0.05) is 13.3 Å². The van der Waals surface area contributed by atoms with Crippen LogP contribution in [-0.4, -0.2) is 63.6 Å². The highest BCUT2D eigenvalue weighted by Crippen LogP contribution is 2.16. The Bertz CT molecular complexity index is 265. The molecule has 0 bridgehead atoms. The summed E-state index contributed by atoms with van der Waals surface area (Å²) in [5, 5.41) is 9.87. The Morgan fingerprint density at radius 1 is 1.05 bits per heavy atom. The molecule has 1 saturated heterocycles. The number of aliphatic carboxylic acids is 1. The van der Waals surface area contributed by atoms with E-state index in [1.54, 1.807) is 0 Å². The molecule has 0 saturated carbocycles. The number of rotatable bonds is 10. The molecule has 0 aromatic heterocycles. The number of unbranched alkanes of at least 4 members (excludes halogenated alkanes) is 1. The van der Waals surface area contributed by atoms with Gasteiger partial charge in [0.25, 0.3) is 0 Å². The number of hydrogen-bond donors (Lipinski definition) is 0. The van der Waals surface area contributed by atoms with Crippen molar-refractivity contribution in [2.24, 2.45) is 0 Å². The molecule has 0 N–H and O–H groups in total. The molecule has 0 amide bonds. The lowest BCUT2D eigenvalue weighted by Crippen LogP contribution is -2.48. The van der Waals surface area contributed by atoms with Gasteiger partial charge < -0.3 is 23.9 Å². The highest BCUT2D eigenvalue weighted by molar-refractivity contribution is 5.64. The second kappa shape index (κ2) is 14.0. The number of carbonyl (C=O) groups excluding carboxylic acids is 1. The Morgan fingerprint density at radius 2 is 1.68 bits per heavy atom. The third kappa shape index (κ3) is 13.0. The van der Waals surface area contributed by atoms with Gasteiger partial charge in [-0.25, -0.2) is 0 Å². The molecule has 22 heavy (non-hydrogen) atoms. The first-order chi connectivity index (χ1) is 10.5. The van der Waals surface area contributed by atoms with Gasteiger partial charge in [-0.3, -0.25) is 0 Å². The summed E-state index contributed by atoms with van der Waals surface area (Å²) in [7, 11) is 2.43. The summed E-state index contributed by atoms with van der Waals surface area (Å²) < 4.78 is 11.2. The van der Waals surface area contributed by atoms with Gasteiger partial charge in [0, 0.05) is 19.0 Å². The summed E-state index contributed by atoms with van der Waals surface area (Å²) in [6.07, 6.45) is 7.11. The third-order valence-corrected chi connectivity index (χ3v) is 3.97. The Morgan fingerprint density at radius 3 is 2.23 bits per heavy atom. The smallest absolute Gasteiger partial charge is 0.0784 e. The number of quaternary nitrogens is 1. The monoisotopic (exact) mass is 317 g/mol. The fraction of sp³-hybridized carbons (Fsp3) is 0.941. The first-order valence-electron chi connectivity index (χ1n) is 8.73. The summed E-state index contributed by atoms with van der Waals surface area (Å²) in [5.74, 6) is -1.08. The number of hydrogen-bond acceptors (Lipinski definition) is 4. The minimum atomic E-state index is -1.08. The van der Waals surface area contributed by atoms with Crippen LogP contribution in [-0.2, 0) is 14.3 Å². The predicted octanol–water partition coefficient (Wildman–Crippen LogP) is 1.60. The van der Waals surface area contributed by atoms with E-state index in [1.807, 2.05) is 6.92 Å². The number of ether oxygens (including phenoxy) is 2. The third-order valence-electron chi connectivity index (χ3n) is 3.97. The Kier molecular flexibility index (Phi) is 13.6. The SMILES string of the molecule is CCCC[N+]1(C)CCCCC1.CCOCCOCCC(=O)[O-]. The quantitative estimate of drug-likeness (QED) is 0.453. The fourth-order valence-corrected chi connectivity index (χ4v) is 2.56. The maximum absolute atomic E-state index is 9.87. The fourth-order valence-electron chi connectivity index (χ4n) is 2.56. The molecule has 0 atom stereocenters. The average Bonchev–Trinajstić information content (AvgIpc) is 2.50. The molecule has 0 spiro atoms. The zero-order valence-corrected chi connectivity index (χ0v) is 14.8. The van der Waals surface area contributed by atoms with Crippen LogP contribution >= 0.6 is 0 Å². The van der Waals surface area contributed by atoms with E-state index in [-0.39, 0.29) is 13.0 Å². The number of likely N-dealkylation sites (tertiary alicyclic amines) is 1. The lowest BCUT2D eigenvalue weighted by molar-refractivity contribution is -0.914. The molecule has 1 aliphatic rings. The zero-order chi connectivity index (χ0) is 16.7. The molecule has 0 unspecified atom stereocenters. The second-order valence-electron chi connectivity index (χ2n) is 6.14. The van der Waals surface area contributed by atoms with E-state index >= 15 is 0 Å². The van der Waals surface area contributed by atoms with Crippen molar-refractivity contribution < 1.29 is 23.9 Å². The van der Waals surface area contributed by atoms with Crippen molar-refractivity contribution in [2.75, 3.05) is 53.1 Å². The maximum atomic E-state index is 9.87. The molecule has 0 aliphatic carbocycles. The van der Waals surface area contributed by atoms with Crippen molar-refractivity contribution in [1.82, 2.24) is 0 Å². The molecule has 1 rings (SSSR count). The van der Waals surface area contributed by atoms with Crippen molar-refractivity contribution >= 4 is 5.97 Å². The summed E-state index contributed by atoms with van der Waals surface area (Å²) in [5.41, 5.74) is 0. The molecular formula is C17H35NO4. The largest absolute Gasteiger partial charge is 0.550 e. The van der Waals surface area contributed by atoms with Crippen molar-refractivity contribution in [3.63, 3.8) is 0 Å². The standard InChI is InChI=1S/C10H22N.C7H14O4/c1-3-4-8-11(2)9-6-5-7-10-11;1-2-10-5-6-11-4-3-7(8)9/h3-10H2,1-2H3;2-6H2,1H3,(H,8,9)/q+1;/p-1. The van der Waals surface area contributed by atoms with Gasteiger partial charge in [-0.2, -0.15) is 0 Å². The number of carboxylic acid groups (broad SMARTS) is 1. The van der Waals surface area contributed by atoms with Gasteiger partial charge in [0.1, 0.15) is 0 Å². The van der Waals surface area contributed by atoms with Crippen LogP contribution < -0.4 is 5.11 Å². The van der Waals surface area contributed by atoms with Gasteiger partial charge in [-0.15, -0.1) is 0 Å². The second-order valence-corrected chi connectivity index (χ2v) is 6.14. The van der Waals surface area contributed by atoms with E-state index in [2.05, 4.69) is 14.0 Å². The van der Waals surface area contributed by atoms with E-state index in [9.17, 15) is 9.90 Å². The van der Waals surface area contributed by atoms with Crippen molar-refractivity contribution in [2.45, 2.75) is 52.4 Å². The van der Waals surface area contributed by atoms with E-state index in [1.165, 1.54) is 56.2 Å². The normalized spacial score (nSPS) is 16.7. The van der Waals surface area contributed by atoms with Gasteiger partial charge in [0.15, 0.2) is 0 Å². The Labute approximate surface area is 136 Å². The summed E-state index contributed by atoms with van der Waals surface area (Å²) in [4.78, 5) is 9.87. The molecule has 5 nitrogen and oxygen atoms in total. The van der Waals surface area contributed by atoms with E-state index in [0.717, 1.165) is 0 Å². The topological polar surface area (TPSA) is 58.6 Å². The van der Waals surface area contributed by atoms with Crippen LogP contribution in [0.4, 0.5) is 0 Å². The van der Waals surface area contributed by atoms with Gasteiger partial charge >= 0.3 is 0 Å². The molecule has 5 heteroatoms. The van der Waals surface area contributed by atoms with Crippen LogP contribution in [0.15, 0.2) is 0 Å². The number of carbonyl (C=O) groups is 1. The van der Waals surface area contributed by atoms with E-state index in [0.29, 0.717) is 19.8 Å². The van der Waals surface area contributed by atoms with Crippen LogP contribution in [0.2, 0.25) is 0 Å². The van der Waals surface area contributed by atoms with Crippen LogP contribution in [0.25, 0.3) is 0 Å². The van der Waals surface area contributed by atoms with Crippen molar-refractivity contribution in [3.8, 4) is 0 Å². The minimum absolute atomic E-state index is 0.0495. The van der Waals surface area contributed by atoms with Gasteiger partial charge in [0.05, 0.1) is 46.5 Å². The predicted molar refractivity (Wildman–Crippen MR) is 86.5 cm³/mol. The van der Waals surface area contributed by atoms with Gasteiger partial charge in [0.2, 0.25) is 0 Å². The van der Waals surface area contributed by atoms with Crippen LogP contribution in [0.5, 0.6) is 0 Å². The lowest BCUT2D eigenvalue weighted by atomic mass is 10.1. The first-order valence-corrected chi connectivity index (χ1v) is 8.73. The summed E-state index contributed by atoms with van der Waals surface area (Å²) in [6.45, 7) is 10.3. The molecule has 1 aliphatic heterocycles. The van der Waals surface area contributed by atoms with Gasteiger partial charge in [-0.05, 0) is 32.6 Å². The molecular weight excluding hydrogens is 282 g/mol. The highest BCUT2D eigenvalue weighted by atomic mass is 16.5. The zero-order valence-electron chi connectivity index (χ0n) is 14.8. The Balaban J connectivity index is 0.000000401. The maximum Gasteiger partial charge on any atom is 0.0784 e. The lowest BCUT2D eigenvalue weighted by Gasteiger charge is -2.37. The molecule has 1 heterocycles. The first kappa shape index (κ1) is 21.4. The minimum Gasteiger partial charge on any atom is -0.550 e. The molecule has 1 fully saturated rings. The molecule has 132 valence electrons. The van der Waals surface area contributed by atoms with Crippen molar-refractivity contribution in [1.29, 1.82) is 0 Å². The number of carboxylic acids is 1. The molecule has 0 aromatic carbocycles. The van der Waals surface area contributed by atoms with Crippen molar-refractivity contribution in [3.05, 3.63) is 0 Å². The Hall–Kier alpha value is -0.650. The summed E-state index contributed by atoms with van der Waals surface area (Å²) >= 11 is 0. The van der Waals surface area contributed by atoms with Crippen LogP contribution in [0.1, 0.15) is 52.4 Å². The molecule has 0 aromatic rings. The van der Waals surface area contributed by atoms with E-state index in [4.69, 9.17) is 9.47 Å². The average molecular weight is 317 g/mol. The summed E-state index contributed by atoms with van der Waals surface area (Å²) in [6, 6.07) is 0. The molecule has 0 radical (unpaired) electrons. The van der Waals surface area contributed by atoms with E-state index < -0.39 is 5.97 Å². The number of piperidine rings is 1. The number of nitrogens with zero attached hydrogens (tertiary/aromatic N) is 1.